The van der Waals surface area contributed by atoms with E-state index in [4.69, 9.17) is 9.47 Å². The van der Waals surface area contributed by atoms with Gasteiger partial charge in [0.25, 0.3) is 0 Å². The molecule has 4 heteroatoms. The first kappa shape index (κ1) is 12.0. The maximum atomic E-state index is 9.50. The Hall–Kier alpha value is -1.42. The molecule has 0 saturated carbocycles. The van der Waals surface area contributed by atoms with Gasteiger partial charge in [-0.25, -0.2) is 0 Å². The zero-order chi connectivity index (χ0) is 12.3. The number of piperidine rings is 1. The van der Waals surface area contributed by atoms with E-state index in [0.717, 1.165) is 43.1 Å². The average Bonchev–Trinajstić information content (AvgIpc) is 2.39. The first-order chi connectivity index (χ1) is 8.24. The summed E-state index contributed by atoms with van der Waals surface area (Å²) in [4.78, 5) is 2.24. The molecule has 1 N–H and O–H groups in total. The highest BCUT2D eigenvalue weighted by atomic mass is 16.5. The molecule has 1 aromatic rings. The molecular weight excluding hydrogens is 218 g/mol. The molecule has 0 unspecified atom stereocenters. The van der Waals surface area contributed by atoms with Gasteiger partial charge in [-0.3, -0.25) is 0 Å². The van der Waals surface area contributed by atoms with Crippen LogP contribution in [0.4, 0.5) is 5.69 Å². The molecular formula is C13H19NO3. The second-order valence-electron chi connectivity index (χ2n) is 4.26. The van der Waals surface area contributed by atoms with E-state index in [1.165, 1.54) is 0 Å². The number of anilines is 1. The SMILES string of the molecule is COc1ccc(N2CCC(O)CC2)c(OC)c1. The van der Waals surface area contributed by atoms with E-state index in [9.17, 15) is 5.11 Å². The summed E-state index contributed by atoms with van der Waals surface area (Å²) in [6.07, 6.45) is 1.47. The van der Waals surface area contributed by atoms with E-state index in [1.807, 2.05) is 18.2 Å². The molecule has 1 aromatic carbocycles. The second-order valence-corrected chi connectivity index (χ2v) is 4.26. The molecule has 0 spiro atoms. The number of methoxy groups -OCH3 is 2. The summed E-state index contributed by atoms with van der Waals surface area (Å²) >= 11 is 0. The van der Waals surface area contributed by atoms with Crippen LogP contribution in [-0.4, -0.2) is 38.5 Å². The van der Waals surface area contributed by atoms with Crippen molar-refractivity contribution in [2.75, 3.05) is 32.2 Å². The van der Waals surface area contributed by atoms with Gasteiger partial charge in [0.2, 0.25) is 0 Å². The van der Waals surface area contributed by atoms with Gasteiger partial charge in [0.15, 0.2) is 0 Å². The quantitative estimate of drug-likeness (QED) is 0.868. The predicted octanol–water partition coefficient (Wildman–Crippen LogP) is 1.66. The Bertz CT molecular complexity index is 373. The van der Waals surface area contributed by atoms with Crippen LogP contribution in [0, 0.1) is 0 Å². The van der Waals surface area contributed by atoms with Crippen LogP contribution in [0.15, 0.2) is 18.2 Å². The van der Waals surface area contributed by atoms with Crippen molar-refractivity contribution in [2.24, 2.45) is 0 Å². The lowest BCUT2D eigenvalue weighted by Crippen LogP contribution is -2.35. The number of nitrogens with zero attached hydrogens (tertiary/aromatic N) is 1. The molecule has 0 atom stereocenters. The van der Waals surface area contributed by atoms with Gasteiger partial charge < -0.3 is 19.5 Å². The summed E-state index contributed by atoms with van der Waals surface area (Å²) in [5.74, 6) is 1.61. The highest BCUT2D eigenvalue weighted by Crippen LogP contribution is 2.33. The van der Waals surface area contributed by atoms with Gasteiger partial charge >= 0.3 is 0 Å². The van der Waals surface area contributed by atoms with Gasteiger partial charge in [-0.1, -0.05) is 0 Å². The second kappa shape index (κ2) is 5.27. The van der Waals surface area contributed by atoms with Crippen LogP contribution >= 0.6 is 0 Å². The smallest absolute Gasteiger partial charge is 0.145 e. The van der Waals surface area contributed by atoms with Crippen molar-refractivity contribution >= 4 is 5.69 Å². The molecule has 1 aliphatic heterocycles. The zero-order valence-electron chi connectivity index (χ0n) is 10.3. The molecule has 4 nitrogen and oxygen atoms in total. The number of rotatable bonds is 3. The molecule has 1 fully saturated rings. The molecule has 0 radical (unpaired) electrons. The van der Waals surface area contributed by atoms with E-state index in [0.29, 0.717) is 0 Å². The summed E-state index contributed by atoms with van der Waals surface area (Å²) in [5.41, 5.74) is 1.07. The lowest BCUT2D eigenvalue weighted by atomic mass is 10.1. The average molecular weight is 237 g/mol. The van der Waals surface area contributed by atoms with Crippen LogP contribution in [0.3, 0.4) is 0 Å². The Balaban J connectivity index is 2.19. The number of ether oxygens (including phenoxy) is 2. The standard InChI is InChI=1S/C13H19NO3/c1-16-11-3-4-12(13(9-11)17-2)14-7-5-10(15)6-8-14/h3-4,9-10,15H,5-8H2,1-2H3. The van der Waals surface area contributed by atoms with Crippen molar-refractivity contribution in [3.05, 3.63) is 18.2 Å². The van der Waals surface area contributed by atoms with Crippen molar-refractivity contribution in [1.29, 1.82) is 0 Å². The molecule has 2 rings (SSSR count). The fourth-order valence-corrected chi connectivity index (χ4v) is 2.15. The maximum absolute atomic E-state index is 9.50. The highest BCUT2D eigenvalue weighted by molar-refractivity contribution is 5.61. The van der Waals surface area contributed by atoms with Crippen LogP contribution in [0.1, 0.15) is 12.8 Å². The van der Waals surface area contributed by atoms with Crippen molar-refractivity contribution in [2.45, 2.75) is 18.9 Å². The maximum Gasteiger partial charge on any atom is 0.145 e. The van der Waals surface area contributed by atoms with Crippen LogP contribution in [0.5, 0.6) is 11.5 Å². The first-order valence-corrected chi connectivity index (χ1v) is 5.89. The minimum absolute atomic E-state index is 0.157. The van der Waals surface area contributed by atoms with Crippen LogP contribution in [0.2, 0.25) is 0 Å². The highest BCUT2D eigenvalue weighted by Gasteiger charge is 2.19. The molecule has 1 heterocycles. The van der Waals surface area contributed by atoms with Gasteiger partial charge in [0, 0.05) is 19.2 Å². The van der Waals surface area contributed by atoms with Gasteiger partial charge in [0.1, 0.15) is 11.5 Å². The molecule has 0 aliphatic carbocycles. The van der Waals surface area contributed by atoms with Crippen molar-refractivity contribution in [3.8, 4) is 11.5 Å². The number of aliphatic hydroxyl groups excluding tert-OH is 1. The number of hydrogen-bond donors (Lipinski definition) is 1. The van der Waals surface area contributed by atoms with Crippen molar-refractivity contribution in [3.63, 3.8) is 0 Å². The molecule has 0 bridgehead atoms. The van der Waals surface area contributed by atoms with Gasteiger partial charge in [-0.05, 0) is 25.0 Å². The monoisotopic (exact) mass is 237 g/mol. The minimum atomic E-state index is -0.157. The molecule has 1 saturated heterocycles. The van der Waals surface area contributed by atoms with E-state index in [-0.39, 0.29) is 6.10 Å². The minimum Gasteiger partial charge on any atom is -0.497 e. The topological polar surface area (TPSA) is 41.9 Å². The molecule has 0 aromatic heterocycles. The summed E-state index contributed by atoms with van der Waals surface area (Å²) < 4.78 is 10.6. The largest absolute Gasteiger partial charge is 0.497 e. The van der Waals surface area contributed by atoms with Crippen LogP contribution in [0.25, 0.3) is 0 Å². The zero-order valence-corrected chi connectivity index (χ0v) is 10.3. The normalized spacial score (nSPS) is 17.0. The molecule has 17 heavy (non-hydrogen) atoms. The van der Waals surface area contributed by atoms with Crippen molar-refractivity contribution < 1.29 is 14.6 Å². The Morgan fingerprint density at radius 3 is 2.47 bits per heavy atom. The number of aliphatic hydroxyl groups is 1. The predicted molar refractivity (Wildman–Crippen MR) is 67.0 cm³/mol. The Kier molecular flexibility index (Phi) is 3.74. The van der Waals surface area contributed by atoms with Crippen molar-refractivity contribution in [1.82, 2.24) is 0 Å². The lowest BCUT2D eigenvalue weighted by Gasteiger charge is -2.32. The third-order valence-electron chi connectivity index (χ3n) is 3.19. The third-order valence-corrected chi connectivity index (χ3v) is 3.19. The summed E-state index contributed by atoms with van der Waals surface area (Å²) in [6, 6.07) is 5.83. The summed E-state index contributed by atoms with van der Waals surface area (Å²) in [6.45, 7) is 1.73. The van der Waals surface area contributed by atoms with Crippen LogP contribution in [-0.2, 0) is 0 Å². The number of hydrogen-bond acceptors (Lipinski definition) is 4. The summed E-state index contributed by atoms with van der Waals surface area (Å²) in [5, 5.41) is 9.50. The van der Waals surface area contributed by atoms with Gasteiger partial charge in [-0.15, -0.1) is 0 Å². The van der Waals surface area contributed by atoms with E-state index in [2.05, 4.69) is 4.90 Å². The first-order valence-electron chi connectivity index (χ1n) is 5.89. The molecule has 94 valence electrons. The van der Waals surface area contributed by atoms with E-state index >= 15 is 0 Å². The van der Waals surface area contributed by atoms with E-state index in [1.54, 1.807) is 14.2 Å². The lowest BCUT2D eigenvalue weighted by molar-refractivity contribution is 0.145. The third kappa shape index (κ3) is 2.64. The van der Waals surface area contributed by atoms with E-state index < -0.39 is 0 Å². The van der Waals surface area contributed by atoms with Gasteiger partial charge in [0.05, 0.1) is 26.0 Å². The number of benzene rings is 1. The Morgan fingerprint density at radius 2 is 1.88 bits per heavy atom. The molecule has 0 amide bonds. The summed E-state index contributed by atoms with van der Waals surface area (Å²) in [7, 11) is 3.31. The van der Waals surface area contributed by atoms with Gasteiger partial charge in [-0.2, -0.15) is 0 Å². The molecule has 1 aliphatic rings. The fraction of sp³-hybridized carbons (Fsp3) is 0.538. The Labute approximate surface area is 102 Å². The Morgan fingerprint density at radius 1 is 1.18 bits per heavy atom. The van der Waals surface area contributed by atoms with Crippen LogP contribution < -0.4 is 14.4 Å². The fourth-order valence-electron chi connectivity index (χ4n) is 2.15.